The topological polar surface area (TPSA) is 27.7 Å². The fourth-order valence-electron chi connectivity index (χ4n) is 2.96. The Morgan fingerprint density at radius 2 is 1.42 bits per heavy atom. The summed E-state index contributed by atoms with van der Waals surface area (Å²) in [6.07, 6.45) is 9.23. The number of ether oxygens (including phenoxy) is 1. The molecule has 0 N–H and O–H groups in total. The van der Waals surface area contributed by atoms with Gasteiger partial charge in [-0.2, -0.15) is 0 Å². The largest absolute Gasteiger partial charge is 0.437 e. The van der Waals surface area contributed by atoms with Crippen LogP contribution in [-0.2, 0) is 13.0 Å². The zero-order chi connectivity index (χ0) is 18.7. The van der Waals surface area contributed by atoms with Crippen molar-refractivity contribution in [2.24, 2.45) is 0 Å². The van der Waals surface area contributed by atoms with Gasteiger partial charge in [0.05, 0.1) is 6.61 Å². The Hall–Kier alpha value is 0.0106. The average molecular weight is 389 g/mol. The van der Waals surface area contributed by atoms with E-state index in [4.69, 9.17) is 13.0 Å². The minimum absolute atomic E-state index is 0.662. The van der Waals surface area contributed by atoms with Crippen molar-refractivity contribution in [1.82, 2.24) is 0 Å². The molecule has 0 heterocycles. The summed E-state index contributed by atoms with van der Waals surface area (Å²) in [7, 11) is -5.35. The highest BCUT2D eigenvalue weighted by Gasteiger charge is 2.39. The Bertz CT molecular complexity index is 380. The molecule has 0 aromatic carbocycles. The second-order valence-corrected chi connectivity index (χ2v) is 20.5. The lowest BCUT2D eigenvalue weighted by Crippen LogP contribution is -2.52. The van der Waals surface area contributed by atoms with E-state index in [1.807, 2.05) is 12.2 Å². The molecule has 0 aliphatic rings. The molecule has 0 fully saturated rings. The second kappa shape index (κ2) is 11.6. The van der Waals surface area contributed by atoms with Crippen LogP contribution in [0.3, 0.4) is 0 Å². The first kappa shape index (κ1) is 24.0. The molecule has 0 aromatic heterocycles. The minimum atomic E-state index is -2.05. The van der Waals surface area contributed by atoms with Crippen molar-refractivity contribution in [1.29, 1.82) is 0 Å². The summed E-state index contributed by atoms with van der Waals surface area (Å²) in [6, 6.07) is 2.35. The van der Waals surface area contributed by atoms with E-state index < -0.39 is 25.2 Å². The lowest BCUT2D eigenvalue weighted by Gasteiger charge is -2.38. The van der Waals surface area contributed by atoms with Crippen molar-refractivity contribution < 1.29 is 13.0 Å². The summed E-state index contributed by atoms with van der Waals surface area (Å²) in [5.41, 5.74) is 0. The molecule has 0 atom stereocenters. The lowest BCUT2D eigenvalue weighted by atomic mass is 10.4. The van der Waals surface area contributed by atoms with Gasteiger partial charge in [-0.25, -0.2) is 0 Å². The molecule has 0 amide bonds. The molecule has 0 rings (SSSR count). The van der Waals surface area contributed by atoms with Gasteiger partial charge < -0.3 is 13.0 Å². The molecule has 3 nitrogen and oxygen atoms in total. The van der Waals surface area contributed by atoms with E-state index in [2.05, 4.69) is 52.8 Å². The molecule has 0 unspecified atom stereocenters. The molecule has 0 saturated carbocycles. The maximum absolute atomic E-state index is 6.59. The van der Waals surface area contributed by atoms with Gasteiger partial charge in [0.15, 0.2) is 16.6 Å². The van der Waals surface area contributed by atoms with Gasteiger partial charge in [-0.3, -0.25) is 0 Å². The van der Waals surface area contributed by atoms with E-state index in [9.17, 15) is 0 Å². The SMILES string of the molecule is C=CC=CCOCCC[Si](C)(C)O[Si](C)(C)O[Si](C)(C)CCCC. The number of rotatable bonds is 14. The number of allylic oxidation sites excluding steroid dienone is 2. The quantitative estimate of drug-likeness (QED) is 0.205. The molecule has 0 radical (unpaired) electrons. The third kappa shape index (κ3) is 13.3. The van der Waals surface area contributed by atoms with Gasteiger partial charge in [0, 0.05) is 6.61 Å². The molecular weight excluding hydrogens is 348 g/mol. The molecule has 24 heavy (non-hydrogen) atoms. The molecule has 0 bridgehead atoms. The van der Waals surface area contributed by atoms with E-state index >= 15 is 0 Å². The first-order chi connectivity index (χ1) is 11.0. The van der Waals surface area contributed by atoms with Crippen molar-refractivity contribution in [3.8, 4) is 0 Å². The van der Waals surface area contributed by atoms with Crippen LogP contribution >= 0.6 is 0 Å². The third-order valence-corrected chi connectivity index (χ3v) is 15.2. The summed E-state index contributed by atoms with van der Waals surface area (Å²) in [6.45, 7) is 21.1. The fraction of sp³-hybridized carbons (Fsp3) is 0.778. The summed E-state index contributed by atoms with van der Waals surface area (Å²) >= 11 is 0. The monoisotopic (exact) mass is 388 g/mol. The summed E-state index contributed by atoms with van der Waals surface area (Å²) in [4.78, 5) is 0. The molecule has 0 aromatic rings. The van der Waals surface area contributed by atoms with E-state index in [1.54, 1.807) is 6.08 Å². The predicted octanol–water partition coefficient (Wildman–Crippen LogP) is 6.08. The van der Waals surface area contributed by atoms with E-state index in [0.717, 1.165) is 19.1 Å². The molecule has 0 spiro atoms. The van der Waals surface area contributed by atoms with Crippen LogP contribution in [0.5, 0.6) is 0 Å². The molecule has 0 aliphatic heterocycles. The van der Waals surface area contributed by atoms with Crippen molar-refractivity contribution >= 4 is 25.2 Å². The van der Waals surface area contributed by atoms with E-state index in [1.165, 1.54) is 18.9 Å². The number of unbranched alkanes of at least 4 members (excludes halogenated alkanes) is 1. The Labute approximate surface area is 154 Å². The Balaban J connectivity index is 4.24. The Morgan fingerprint density at radius 3 is 1.92 bits per heavy atom. The van der Waals surface area contributed by atoms with Crippen molar-refractivity contribution in [2.45, 2.75) is 77.6 Å². The second-order valence-electron chi connectivity index (χ2n) is 8.07. The molecular formula is C18H40O3Si3. The van der Waals surface area contributed by atoms with Crippen LogP contribution in [0.15, 0.2) is 24.8 Å². The van der Waals surface area contributed by atoms with Gasteiger partial charge >= 0.3 is 8.56 Å². The maximum atomic E-state index is 6.59. The molecule has 6 heteroatoms. The van der Waals surface area contributed by atoms with Gasteiger partial charge in [-0.1, -0.05) is 44.6 Å². The maximum Gasteiger partial charge on any atom is 0.311 e. The Kier molecular flexibility index (Phi) is 11.6. The summed E-state index contributed by atoms with van der Waals surface area (Å²) in [5, 5.41) is 0. The standard InChI is InChI=1S/C18H40O3Si3/c1-9-11-13-15-19-16-14-18-23(5,6)21-24(7,8)20-22(3,4)17-12-10-2/h9,11,13H,1,10,12,14-18H2,2-8H3. The highest BCUT2D eigenvalue weighted by molar-refractivity contribution is 6.87. The molecule has 0 saturated heterocycles. The van der Waals surface area contributed by atoms with E-state index in [0.29, 0.717) is 6.61 Å². The fourth-order valence-corrected chi connectivity index (χ4v) is 17.2. The highest BCUT2D eigenvalue weighted by atomic mass is 28.5. The average Bonchev–Trinajstić information content (AvgIpc) is 2.41. The van der Waals surface area contributed by atoms with Gasteiger partial charge in [0.2, 0.25) is 0 Å². The Morgan fingerprint density at radius 1 is 0.875 bits per heavy atom. The first-order valence-electron chi connectivity index (χ1n) is 9.29. The van der Waals surface area contributed by atoms with Crippen molar-refractivity contribution in [3.05, 3.63) is 24.8 Å². The van der Waals surface area contributed by atoms with Crippen LogP contribution < -0.4 is 0 Å². The van der Waals surface area contributed by atoms with Crippen molar-refractivity contribution in [2.75, 3.05) is 13.2 Å². The lowest BCUT2D eigenvalue weighted by molar-refractivity contribution is 0.162. The van der Waals surface area contributed by atoms with Crippen molar-refractivity contribution in [3.63, 3.8) is 0 Å². The van der Waals surface area contributed by atoms with Crippen LogP contribution in [0, 0.1) is 0 Å². The third-order valence-electron chi connectivity index (χ3n) is 3.73. The summed E-state index contributed by atoms with van der Waals surface area (Å²) in [5.74, 6) is 0. The molecule has 142 valence electrons. The van der Waals surface area contributed by atoms with Crippen LogP contribution in [0.1, 0.15) is 26.2 Å². The van der Waals surface area contributed by atoms with Gasteiger partial charge in [-0.15, -0.1) is 0 Å². The van der Waals surface area contributed by atoms with Gasteiger partial charge in [-0.05, 0) is 57.8 Å². The first-order valence-corrected chi connectivity index (χ1v) is 18.3. The summed E-state index contributed by atoms with van der Waals surface area (Å²) < 4.78 is 18.8. The zero-order valence-corrected chi connectivity index (χ0v) is 20.1. The van der Waals surface area contributed by atoms with Gasteiger partial charge in [0.1, 0.15) is 0 Å². The normalized spacial score (nSPS) is 13.6. The predicted molar refractivity (Wildman–Crippen MR) is 114 cm³/mol. The number of hydrogen-bond acceptors (Lipinski definition) is 3. The highest BCUT2D eigenvalue weighted by Crippen LogP contribution is 2.26. The minimum Gasteiger partial charge on any atom is -0.437 e. The van der Waals surface area contributed by atoms with Crippen LogP contribution in [0.25, 0.3) is 0 Å². The molecule has 0 aliphatic carbocycles. The van der Waals surface area contributed by atoms with E-state index in [-0.39, 0.29) is 0 Å². The zero-order valence-electron chi connectivity index (χ0n) is 17.1. The van der Waals surface area contributed by atoms with Crippen LogP contribution in [0.2, 0.25) is 51.4 Å². The van der Waals surface area contributed by atoms with Crippen LogP contribution in [-0.4, -0.2) is 38.4 Å². The smallest absolute Gasteiger partial charge is 0.311 e. The number of hydrogen-bond donors (Lipinski definition) is 0. The van der Waals surface area contributed by atoms with Gasteiger partial charge in [0.25, 0.3) is 0 Å². The van der Waals surface area contributed by atoms with Crippen LogP contribution in [0.4, 0.5) is 0 Å².